The minimum absolute atomic E-state index is 0.0636. The van der Waals surface area contributed by atoms with Crippen molar-refractivity contribution in [2.24, 2.45) is 0 Å². The number of hydrogen-bond donors (Lipinski definition) is 2. The topological polar surface area (TPSA) is 104 Å². The van der Waals surface area contributed by atoms with Gasteiger partial charge in [-0.15, -0.1) is 0 Å². The van der Waals surface area contributed by atoms with Crippen LogP contribution in [0.3, 0.4) is 0 Å². The summed E-state index contributed by atoms with van der Waals surface area (Å²) >= 11 is 9.70. The van der Waals surface area contributed by atoms with Crippen molar-refractivity contribution >= 4 is 48.3 Å². The lowest BCUT2D eigenvalue weighted by molar-refractivity contribution is 0.188. The fraction of sp³-hybridized carbons (Fsp3) is 0.417. The molecule has 0 aliphatic carbocycles. The molecule has 4 rings (SSSR count). The van der Waals surface area contributed by atoms with Gasteiger partial charge in [0.25, 0.3) is 5.56 Å². The Morgan fingerprint density at radius 3 is 2.66 bits per heavy atom. The SMILES string of the molecule is CCS(=O)(=O)c1ccc(Cl)cc1Cn1c(=O)[nH]c2cc(CN3CCCC(NC)C3)c(Br)cc2c1=O. The van der Waals surface area contributed by atoms with Gasteiger partial charge in [0.1, 0.15) is 0 Å². The number of benzene rings is 2. The Morgan fingerprint density at radius 2 is 1.94 bits per heavy atom. The molecule has 0 radical (unpaired) electrons. The molecule has 0 spiro atoms. The molecule has 1 aliphatic heterocycles. The third-order valence-electron chi connectivity index (χ3n) is 6.52. The van der Waals surface area contributed by atoms with Gasteiger partial charge in [-0.25, -0.2) is 13.2 Å². The summed E-state index contributed by atoms with van der Waals surface area (Å²) in [6.07, 6.45) is 2.25. The first-order chi connectivity index (χ1) is 16.6. The van der Waals surface area contributed by atoms with Gasteiger partial charge in [0, 0.05) is 28.6 Å². The maximum absolute atomic E-state index is 13.3. The lowest BCUT2D eigenvalue weighted by atomic mass is 10.0. The Labute approximate surface area is 217 Å². The van der Waals surface area contributed by atoms with Crippen LogP contribution in [0.25, 0.3) is 10.9 Å². The van der Waals surface area contributed by atoms with E-state index in [0.717, 1.165) is 40.5 Å². The molecule has 0 bridgehead atoms. The Balaban J connectivity index is 1.73. The van der Waals surface area contributed by atoms with Crippen molar-refractivity contribution in [2.45, 2.75) is 43.8 Å². The first-order valence-corrected chi connectivity index (χ1v) is 14.3. The second kappa shape index (κ2) is 10.6. The molecule has 188 valence electrons. The van der Waals surface area contributed by atoms with Crippen LogP contribution in [0.1, 0.15) is 30.9 Å². The number of rotatable bonds is 7. The summed E-state index contributed by atoms with van der Waals surface area (Å²) in [6, 6.07) is 8.39. The summed E-state index contributed by atoms with van der Waals surface area (Å²) in [6.45, 7) is 3.95. The Morgan fingerprint density at radius 1 is 1.17 bits per heavy atom. The summed E-state index contributed by atoms with van der Waals surface area (Å²) in [7, 11) is -1.60. The first kappa shape index (κ1) is 26.1. The van der Waals surface area contributed by atoms with Gasteiger partial charge in [-0.05, 0) is 67.9 Å². The van der Waals surface area contributed by atoms with E-state index in [1.165, 1.54) is 18.2 Å². The van der Waals surface area contributed by atoms with Crippen molar-refractivity contribution in [3.63, 3.8) is 0 Å². The summed E-state index contributed by atoms with van der Waals surface area (Å²) in [5, 5.41) is 4.00. The summed E-state index contributed by atoms with van der Waals surface area (Å²) in [5.74, 6) is -0.105. The average Bonchev–Trinajstić information content (AvgIpc) is 2.83. The predicted molar refractivity (Wildman–Crippen MR) is 142 cm³/mol. The largest absolute Gasteiger partial charge is 0.329 e. The minimum atomic E-state index is -3.57. The number of fused-ring (bicyclic) bond motifs is 1. The van der Waals surface area contributed by atoms with E-state index < -0.39 is 21.1 Å². The molecule has 3 aromatic rings. The van der Waals surface area contributed by atoms with Crippen LogP contribution in [-0.4, -0.2) is 54.8 Å². The van der Waals surface area contributed by atoms with Crippen molar-refractivity contribution < 1.29 is 8.42 Å². The highest BCUT2D eigenvalue weighted by molar-refractivity contribution is 9.10. The summed E-state index contributed by atoms with van der Waals surface area (Å²) in [4.78, 5) is 31.5. The molecular weight excluding hydrogens is 556 g/mol. The van der Waals surface area contributed by atoms with Crippen LogP contribution in [0.2, 0.25) is 5.02 Å². The Bertz CT molecular complexity index is 1490. The number of halogens is 2. The lowest BCUT2D eigenvalue weighted by Gasteiger charge is -2.32. The zero-order chi connectivity index (χ0) is 25.3. The second-order valence-electron chi connectivity index (χ2n) is 8.83. The molecule has 0 amide bonds. The van der Waals surface area contributed by atoms with Crippen molar-refractivity contribution in [3.05, 3.63) is 71.8 Å². The Hall–Kier alpha value is -1.98. The van der Waals surface area contributed by atoms with Crippen LogP contribution >= 0.6 is 27.5 Å². The van der Waals surface area contributed by atoms with E-state index in [4.69, 9.17) is 11.6 Å². The van der Waals surface area contributed by atoms with Gasteiger partial charge in [-0.2, -0.15) is 0 Å². The van der Waals surface area contributed by atoms with Gasteiger partial charge >= 0.3 is 5.69 Å². The predicted octanol–water partition coefficient (Wildman–Crippen LogP) is 3.13. The second-order valence-corrected chi connectivity index (χ2v) is 12.4. The van der Waals surface area contributed by atoms with Gasteiger partial charge in [-0.3, -0.25) is 14.3 Å². The number of piperidine rings is 1. The molecule has 2 N–H and O–H groups in total. The minimum Gasteiger partial charge on any atom is -0.316 e. The number of likely N-dealkylation sites (N-methyl/N-ethyl adjacent to an activating group) is 1. The number of sulfone groups is 1. The summed E-state index contributed by atoms with van der Waals surface area (Å²) in [5.41, 5.74) is 0.622. The lowest BCUT2D eigenvalue weighted by Crippen LogP contribution is -2.43. The van der Waals surface area contributed by atoms with Gasteiger partial charge in [0.2, 0.25) is 0 Å². The standard InChI is InChI=1S/C24H28BrClN4O4S/c1-3-35(33,34)22-7-6-17(26)9-16(22)13-30-23(31)19-11-20(25)15(10-21(19)28-24(30)32)12-29-8-4-5-18(14-29)27-2/h6-7,9-11,18,27H,3-5,8,12-14H2,1-2H3,(H,28,32). The molecule has 2 aromatic carbocycles. The van der Waals surface area contributed by atoms with Crippen LogP contribution in [0.5, 0.6) is 0 Å². The van der Waals surface area contributed by atoms with Gasteiger partial charge in [0.15, 0.2) is 9.84 Å². The molecule has 1 fully saturated rings. The zero-order valence-electron chi connectivity index (χ0n) is 19.6. The van der Waals surface area contributed by atoms with E-state index in [0.29, 0.717) is 34.1 Å². The van der Waals surface area contributed by atoms with Crippen LogP contribution in [-0.2, 0) is 22.9 Å². The molecule has 2 heterocycles. The molecule has 1 unspecified atom stereocenters. The van der Waals surface area contributed by atoms with Crippen molar-refractivity contribution in [1.82, 2.24) is 19.8 Å². The van der Waals surface area contributed by atoms with E-state index >= 15 is 0 Å². The number of likely N-dealkylation sites (tertiary alicyclic amines) is 1. The number of hydrogen-bond acceptors (Lipinski definition) is 6. The molecule has 8 nitrogen and oxygen atoms in total. The zero-order valence-corrected chi connectivity index (χ0v) is 22.8. The van der Waals surface area contributed by atoms with Crippen molar-refractivity contribution in [3.8, 4) is 0 Å². The molecule has 1 aromatic heterocycles. The van der Waals surface area contributed by atoms with E-state index in [1.54, 1.807) is 13.0 Å². The van der Waals surface area contributed by atoms with Crippen LogP contribution in [0.15, 0.2) is 49.3 Å². The fourth-order valence-electron chi connectivity index (χ4n) is 4.56. The quantitative estimate of drug-likeness (QED) is 0.443. The average molecular weight is 584 g/mol. The smallest absolute Gasteiger partial charge is 0.316 e. The van der Waals surface area contributed by atoms with E-state index in [9.17, 15) is 18.0 Å². The third-order valence-corrected chi connectivity index (χ3v) is 9.32. The molecule has 1 saturated heterocycles. The van der Waals surface area contributed by atoms with Gasteiger partial charge in [0.05, 0.1) is 28.1 Å². The molecule has 35 heavy (non-hydrogen) atoms. The highest BCUT2D eigenvalue weighted by Gasteiger charge is 2.21. The molecular formula is C24H28BrClN4O4S. The van der Waals surface area contributed by atoms with Crippen molar-refractivity contribution in [2.75, 3.05) is 25.9 Å². The maximum atomic E-state index is 13.3. The van der Waals surface area contributed by atoms with Crippen LogP contribution < -0.4 is 16.6 Å². The number of nitrogens with one attached hydrogen (secondary N) is 2. The number of aromatic nitrogens is 2. The molecule has 1 atom stereocenters. The number of aromatic amines is 1. The molecule has 1 aliphatic rings. The van der Waals surface area contributed by atoms with E-state index in [2.05, 4.69) is 31.1 Å². The van der Waals surface area contributed by atoms with E-state index in [-0.39, 0.29) is 17.2 Å². The Kier molecular flexibility index (Phi) is 7.87. The van der Waals surface area contributed by atoms with Crippen LogP contribution in [0.4, 0.5) is 0 Å². The third kappa shape index (κ3) is 5.56. The van der Waals surface area contributed by atoms with E-state index in [1.807, 2.05) is 13.1 Å². The number of H-pyrrole nitrogens is 1. The normalized spacial score (nSPS) is 17.2. The monoisotopic (exact) mass is 582 g/mol. The molecule has 11 heteroatoms. The first-order valence-electron chi connectivity index (χ1n) is 11.5. The summed E-state index contributed by atoms with van der Waals surface area (Å²) < 4.78 is 26.9. The van der Waals surface area contributed by atoms with Gasteiger partial charge < -0.3 is 10.3 Å². The fourth-order valence-corrected chi connectivity index (χ4v) is 6.33. The molecule has 0 saturated carbocycles. The highest BCUT2D eigenvalue weighted by Crippen LogP contribution is 2.25. The van der Waals surface area contributed by atoms with Crippen LogP contribution in [0, 0.1) is 0 Å². The highest BCUT2D eigenvalue weighted by atomic mass is 79.9. The number of nitrogens with zero attached hydrogens (tertiary/aromatic N) is 2. The maximum Gasteiger partial charge on any atom is 0.329 e. The van der Waals surface area contributed by atoms with Gasteiger partial charge in [-0.1, -0.05) is 34.5 Å². The van der Waals surface area contributed by atoms with Crippen molar-refractivity contribution in [1.29, 1.82) is 0 Å².